The number of carbonyl (C=O) groups is 2. The minimum Gasteiger partial charge on any atom is -0.481 e. The maximum atomic E-state index is 12.4. The minimum absolute atomic E-state index is 0.0207. The lowest BCUT2D eigenvalue weighted by Gasteiger charge is -2.29. The molecule has 6 heteroatoms. The first kappa shape index (κ1) is 18.5. The van der Waals surface area contributed by atoms with E-state index in [9.17, 15) is 14.9 Å². The maximum Gasteiger partial charge on any atom is 0.306 e. The summed E-state index contributed by atoms with van der Waals surface area (Å²) < 4.78 is 0. The highest BCUT2D eigenvalue weighted by Crippen LogP contribution is 2.24. The van der Waals surface area contributed by atoms with Gasteiger partial charge in [-0.05, 0) is 30.4 Å². The number of carboxylic acids is 1. The van der Waals surface area contributed by atoms with E-state index in [0.717, 1.165) is 5.56 Å². The lowest BCUT2D eigenvalue weighted by molar-refractivity contribution is -0.143. The number of nitriles is 1. The Hall–Kier alpha value is -2.81. The van der Waals surface area contributed by atoms with E-state index in [0.29, 0.717) is 31.6 Å². The maximum absolute atomic E-state index is 12.4. The van der Waals surface area contributed by atoms with Crippen molar-refractivity contribution < 1.29 is 14.7 Å². The summed E-state index contributed by atoms with van der Waals surface area (Å²) in [6.07, 6.45) is 2.57. The third kappa shape index (κ3) is 4.83. The zero-order valence-corrected chi connectivity index (χ0v) is 14.5. The summed E-state index contributed by atoms with van der Waals surface area (Å²) in [5.74, 6) is -1.33. The van der Waals surface area contributed by atoms with E-state index in [-0.39, 0.29) is 17.4 Å². The van der Waals surface area contributed by atoms with Gasteiger partial charge in [-0.3, -0.25) is 9.59 Å². The van der Waals surface area contributed by atoms with Crippen LogP contribution in [0.4, 0.5) is 5.69 Å². The fraction of sp³-hybridized carbons (Fsp3) is 0.421. The van der Waals surface area contributed by atoms with E-state index in [1.165, 1.54) is 6.20 Å². The van der Waals surface area contributed by atoms with Crippen molar-refractivity contribution in [3.05, 3.63) is 41.6 Å². The minimum atomic E-state index is -0.785. The molecule has 132 valence electrons. The molecule has 1 aliphatic rings. The Labute approximate surface area is 147 Å². The summed E-state index contributed by atoms with van der Waals surface area (Å²) in [5, 5.41) is 21.2. The average molecular weight is 341 g/mol. The lowest BCUT2D eigenvalue weighted by Crippen LogP contribution is -2.33. The Bertz CT molecular complexity index is 711. The summed E-state index contributed by atoms with van der Waals surface area (Å²) in [6, 6.07) is 9.47. The fourth-order valence-corrected chi connectivity index (χ4v) is 2.90. The van der Waals surface area contributed by atoms with Gasteiger partial charge in [-0.25, -0.2) is 0 Å². The molecule has 2 rings (SSSR count). The lowest BCUT2D eigenvalue weighted by atomic mass is 9.97. The number of para-hydroxylation sites is 1. The van der Waals surface area contributed by atoms with Crippen molar-refractivity contribution in [2.45, 2.75) is 32.6 Å². The Balaban J connectivity index is 2.07. The first-order valence-corrected chi connectivity index (χ1v) is 8.41. The Morgan fingerprint density at radius 3 is 2.52 bits per heavy atom. The van der Waals surface area contributed by atoms with Crippen LogP contribution in [0.15, 0.2) is 36.0 Å². The molecule has 0 spiro atoms. The van der Waals surface area contributed by atoms with Crippen molar-refractivity contribution in [1.82, 2.24) is 4.90 Å². The zero-order chi connectivity index (χ0) is 18.4. The second kappa shape index (κ2) is 8.34. The van der Waals surface area contributed by atoms with Crippen LogP contribution in [0.25, 0.3) is 0 Å². The topological polar surface area (TPSA) is 93.4 Å². The van der Waals surface area contributed by atoms with Crippen LogP contribution in [0.2, 0.25) is 0 Å². The van der Waals surface area contributed by atoms with E-state index in [1.807, 2.05) is 49.1 Å². The molecular weight excluding hydrogens is 318 g/mol. The molecule has 1 aromatic rings. The highest BCUT2D eigenvalue weighted by Gasteiger charge is 2.24. The molecule has 1 aliphatic heterocycles. The van der Waals surface area contributed by atoms with Gasteiger partial charge < -0.3 is 15.3 Å². The number of benzene rings is 1. The third-order valence-electron chi connectivity index (χ3n) is 4.39. The van der Waals surface area contributed by atoms with Crippen LogP contribution in [0, 0.1) is 17.2 Å². The zero-order valence-electron chi connectivity index (χ0n) is 14.5. The predicted molar refractivity (Wildman–Crippen MR) is 94.8 cm³/mol. The van der Waals surface area contributed by atoms with Gasteiger partial charge in [-0.1, -0.05) is 32.0 Å². The van der Waals surface area contributed by atoms with Gasteiger partial charge in [0.1, 0.15) is 11.6 Å². The Kier molecular flexibility index (Phi) is 6.18. The van der Waals surface area contributed by atoms with Crippen molar-refractivity contribution >= 4 is 17.6 Å². The summed E-state index contributed by atoms with van der Waals surface area (Å²) in [4.78, 5) is 25.3. The van der Waals surface area contributed by atoms with Crippen LogP contribution >= 0.6 is 0 Å². The SMILES string of the molecule is CC(C)c1ccccc1NC(=O)/C(C#N)=C\N1CCC(C(=O)O)CC1. The average Bonchev–Trinajstić information content (AvgIpc) is 2.60. The van der Waals surface area contributed by atoms with Gasteiger partial charge in [0.25, 0.3) is 5.91 Å². The summed E-state index contributed by atoms with van der Waals surface area (Å²) in [7, 11) is 0. The molecule has 1 amide bonds. The number of piperidine rings is 1. The highest BCUT2D eigenvalue weighted by molar-refractivity contribution is 6.06. The second-order valence-electron chi connectivity index (χ2n) is 6.50. The quantitative estimate of drug-likeness (QED) is 0.634. The smallest absolute Gasteiger partial charge is 0.306 e. The van der Waals surface area contributed by atoms with Gasteiger partial charge in [-0.2, -0.15) is 5.26 Å². The second-order valence-corrected chi connectivity index (χ2v) is 6.50. The normalized spacial score (nSPS) is 15.8. The van der Waals surface area contributed by atoms with Crippen molar-refractivity contribution in [2.24, 2.45) is 5.92 Å². The first-order chi connectivity index (χ1) is 11.9. The number of hydrogen-bond donors (Lipinski definition) is 2. The molecule has 6 nitrogen and oxygen atoms in total. The van der Waals surface area contributed by atoms with Crippen LogP contribution in [-0.4, -0.2) is 35.0 Å². The number of rotatable bonds is 5. The Morgan fingerprint density at radius 2 is 1.96 bits per heavy atom. The van der Waals surface area contributed by atoms with Crippen molar-refractivity contribution in [3.63, 3.8) is 0 Å². The monoisotopic (exact) mass is 341 g/mol. The predicted octanol–water partition coefficient (Wildman–Crippen LogP) is 2.95. The molecule has 1 saturated heterocycles. The number of carboxylic acid groups (broad SMARTS) is 1. The molecule has 1 aromatic carbocycles. The van der Waals surface area contributed by atoms with Crippen LogP contribution in [0.3, 0.4) is 0 Å². The first-order valence-electron chi connectivity index (χ1n) is 8.41. The molecular formula is C19H23N3O3. The molecule has 1 fully saturated rings. The van der Waals surface area contributed by atoms with Crippen molar-refractivity contribution in [3.8, 4) is 6.07 Å². The van der Waals surface area contributed by atoms with Gasteiger partial charge in [0.15, 0.2) is 0 Å². The number of aliphatic carboxylic acids is 1. The van der Waals surface area contributed by atoms with E-state index < -0.39 is 11.9 Å². The van der Waals surface area contributed by atoms with Gasteiger partial charge in [-0.15, -0.1) is 0 Å². The van der Waals surface area contributed by atoms with Crippen LogP contribution in [0.5, 0.6) is 0 Å². The standard InChI is InChI=1S/C19H23N3O3/c1-13(2)16-5-3-4-6-17(16)21-18(23)15(11-20)12-22-9-7-14(8-10-22)19(24)25/h3-6,12-14H,7-10H2,1-2H3,(H,21,23)(H,24,25)/b15-12-. The van der Waals surface area contributed by atoms with E-state index in [4.69, 9.17) is 5.11 Å². The molecule has 0 unspecified atom stereocenters. The summed E-state index contributed by atoms with van der Waals surface area (Å²) in [5.41, 5.74) is 1.73. The fourth-order valence-electron chi connectivity index (χ4n) is 2.90. The van der Waals surface area contributed by atoms with E-state index in [1.54, 1.807) is 0 Å². The number of nitrogens with one attached hydrogen (secondary N) is 1. The molecule has 0 atom stereocenters. The van der Waals surface area contributed by atoms with Crippen LogP contribution in [-0.2, 0) is 9.59 Å². The number of likely N-dealkylation sites (tertiary alicyclic amines) is 1. The molecule has 0 aromatic heterocycles. The molecule has 0 saturated carbocycles. The molecule has 0 aliphatic carbocycles. The molecule has 25 heavy (non-hydrogen) atoms. The molecule has 1 heterocycles. The van der Waals surface area contributed by atoms with Crippen LogP contribution in [0.1, 0.15) is 38.2 Å². The van der Waals surface area contributed by atoms with Crippen LogP contribution < -0.4 is 5.32 Å². The molecule has 2 N–H and O–H groups in total. The van der Waals surface area contributed by atoms with E-state index >= 15 is 0 Å². The summed E-state index contributed by atoms with van der Waals surface area (Å²) >= 11 is 0. The van der Waals surface area contributed by atoms with Gasteiger partial charge in [0.05, 0.1) is 5.92 Å². The van der Waals surface area contributed by atoms with E-state index in [2.05, 4.69) is 5.32 Å². The summed E-state index contributed by atoms with van der Waals surface area (Å²) in [6.45, 7) is 5.13. The number of carbonyl (C=O) groups excluding carboxylic acids is 1. The number of amides is 1. The number of nitrogens with zero attached hydrogens (tertiary/aromatic N) is 2. The van der Waals surface area contributed by atoms with Gasteiger partial charge >= 0.3 is 5.97 Å². The third-order valence-corrected chi connectivity index (χ3v) is 4.39. The Morgan fingerprint density at radius 1 is 1.32 bits per heavy atom. The number of hydrogen-bond acceptors (Lipinski definition) is 4. The van der Waals surface area contributed by atoms with Crippen molar-refractivity contribution in [1.29, 1.82) is 5.26 Å². The van der Waals surface area contributed by atoms with Crippen molar-refractivity contribution in [2.75, 3.05) is 18.4 Å². The molecule has 0 bridgehead atoms. The molecule has 0 radical (unpaired) electrons. The van der Waals surface area contributed by atoms with Gasteiger partial charge in [0, 0.05) is 25.0 Å². The highest BCUT2D eigenvalue weighted by atomic mass is 16.4. The number of anilines is 1. The van der Waals surface area contributed by atoms with Gasteiger partial charge in [0.2, 0.25) is 0 Å². The largest absolute Gasteiger partial charge is 0.481 e.